The van der Waals surface area contributed by atoms with Crippen molar-refractivity contribution in [3.8, 4) is 22.1 Å². The summed E-state index contributed by atoms with van der Waals surface area (Å²) in [6, 6.07) is 3.38. The third kappa shape index (κ3) is 2.42. The normalized spacial score (nSPS) is 11.0. The molecule has 4 heteroatoms. The second-order valence-electron chi connectivity index (χ2n) is 4.40. The molecular formula is C13H15NO2S. The van der Waals surface area contributed by atoms with Crippen molar-refractivity contribution in [3.05, 3.63) is 29.3 Å². The van der Waals surface area contributed by atoms with Crippen LogP contribution in [0.3, 0.4) is 0 Å². The van der Waals surface area contributed by atoms with Crippen molar-refractivity contribution >= 4 is 11.3 Å². The molecule has 0 saturated heterocycles. The highest BCUT2D eigenvalue weighted by Gasteiger charge is 2.16. The highest BCUT2D eigenvalue weighted by Crippen LogP contribution is 2.40. The van der Waals surface area contributed by atoms with Crippen molar-refractivity contribution in [2.45, 2.75) is 20.3 Å². The number of aromatic nitrogens is 1. The zero-order valence-corrected chi connectivity index (χ0v) is 10.7. The Balaban J connectivity index is 2.51. The van der Waals surface area contributed by atoms with E-state index in [4.69, 9.17) is 0 Å². The number of thiazole rings is 1. The number of phenolic OH excluding ortho intramolecular Hbond substituents is 2. The van der Waals surface area contributed by atoms with Crippen molar-refractivity contribution < 1.29 is 10.2 Å². The monoisotopic (exact) mass is 249 g/mol. The van der Waals surface area contributed by atoms with Gasteiger partial charge in [0.15, 0.2) is 0 Å². The van der Waals surface area contributed by atoms with Crippen LogP contribution in [0.25, 0.3) is 10.6 Å². The molecule has 2 aromatic rings. The Morgan fingerprint density at radius 2 is 2.06 bits per heavy atom. The Morgan fingerprint density at radius 3 is 2.65 bits per heavy atom. The molecule has 90 valence electrons. The molecule has 0 aliphatic rings. The van der Waals surface area contributed by atoms with Crippen LogP contribution in [-0.4, -0.2) is 15.2 Å². The molecule has 0 saturated carbocycles. The molecule has 0 spiro atoms. The summed E-state index contributed by atoms with van der Waals surface area (Å²) in [5.41, 5.74) is 1.29. The minimum Gasteiger partial charge on any atom is -0.507 e. The molecule has 2 rings (SSSR count). The van der Waals surface area contributed by atoms with Gasteiger partial charge in [0.2, 0.25) is 0 Å². The topological polar surface area (TPSA) is 53.4 Å². The zero-order valence-electron chi connectivity index (χ0n) is 9.84. The molecule has 0 aliphatic heterocycles. The fourth-order valence-corrected chi connectivity index (χ4v) is 2.48. The van der Waals surface area contributed by atoms with E-state index in [0.717, 1.165) is 12.0 Å². The summed E-state index contributed by atoms with van der Waals surface area (Å²) < 4.78 is 0. The van der Waals surface area contributed by atoms with E-state index in [0.29, 0.717) is 16.5 Å². The lowest BCUT2D eigenvalue weighted by molar-refractivity contribution is 0.446. The van der Waals surface area contributed by atoms with E-state index in [2.05, 4.69) is 18.8 Å². The van der Waals surface area contributed by atoms with E-state index in [1.165, 1.54) is 11.3 Å². The number of nitrogens with zero attached hydrogens (tertiary/aromatic N) is 1. The summed E-state index contributed by atoms with van der Waals surface area (Å²) in [6.45, 7) is 4.19. The van der Waals surface area contributed by atoms with Gasteiger partial charge in [0.05, 0.1) is 5.56 Å². The first-order valence-corrected chi connectivity index (χ1v) is 6.41. The second-order valence-corrected chi connectivity index (χ2v) is 5.30. The Morgan fingerprint density at radius 1 is 1.29 bits per heavy atom. The van der Waals surface area contributed by atoms with E-state index in [1.54, 1.807) is 18.3 Å². The Hall–Kier alpha value is -1.55. The molecule has 0 amide bonds. The van der Waals surface area contributed by atoms with E-state index in [9.17, 15) is 10.2 Å². The third-order valence-electron chi connectivity index (χ3n) is 2.51. The van der Waals surface area contributed by atoms with Gasteiger partial charge in [-0.05, 0) is 24.0 Å². The van der Waals surface area contributed by atoms with Crippen molar-refractivity contribution in [2.75, 3.05) is 0 Å². The number of hydrogen-bond donors (Lipinski definition) is 2. The van der Waals surface area contributed by atoms with Crippen molar-refractivity contribution in [3.63, 3.8) is 0 Å². The molecule has 0 bridgehead atoms. The van der Waals surface area contributed by atoms with Crippen LogP contribution in [0, 0.1) is 5.92 Å². The lowest BCUT2D eigenvalue weighted by Crippen LogP contribution is -1.95. The lowest BCUT2D eigenvalue weighted by atomic mass is 9.99. The van der Waals surface area contributed by atoms with Crippen molar-refractivity contribution in [2.24, 2.45) is 5.92 Å². The third-order valence-corrected chi connectivity index (χ3v) is 3.30. The average molecular weight is 249 g/mol. The molecule has 0 aliphatic carbocycles. The van der Waals surface area contributed by atoms with Gasteiger partial charge in [-0.15, -0.1) is 11.3 Å². The van der Waals surface area contributed by atoms with Gasteiger partial charge in [-0.3, -0.25) is 0 Å². The van der Waals surface area contributed by atoms with Crippen LogP contribution < -0.4 is 0 Å². The van der Waals surface area contributed by atoms with Crippen LogP contribution in [0.4, 0.5) is 0 Å². The molecule has 1 aromatic heterocycles. The maximum Gasteiger partial charge on any atom is 0.132 e. The summed E-state index contributed by atoms with van der Waals surface area (Å²) in [5, 5.41) is 22.5. The number of rotatable bonds is 3. The fourth-order valence-electron chi connectivity index (χ4n) is 1.79. The largest absolute Gasteiger partial charge is 0.507 e. The molecule has 1 aromatic carbocycles. The predicted octanol–water partition coefficient (Wildman–Crippen LogP) is 3.42. The quantitative estimate of drug-likeness (QED) is 0.876. The molecule has 1 heterocycles. The highest BCUT2D eigenvalue weighted by molar-refractivity contribution is 7.13. The molecule has 3 nitrogen and oxygen atoms in total. The maximum absolute atomic E-state index is 10.2. The van der Waals surface area contributed by atoms with Crippen molar-refractivity contribution in [1.82, 2.24) is 4.98 Å². The smallest absolute Gasteiger partial charge is 0.132 e. The van der Waals surface area contributed by atoms with Crippen LogP contribution in [0.2, 0.25) is 0 Å². The highest BCUT2D eigenvalue weighted by atomic mass is 32.1. The Kier molecular flexibility index (Phi) is 3.33. The SMILES string of the molecule is CC(C)Cc1ccc(O)c(-c2nccs2)c1O. The predicted molar refractivity (Wildman–Crippen MR) is 69.4 cm³/mol. The summed E-state index contributed by atoms with van der Waals surface area (Å²) in [6.07, 6.45) is 2.44. The van der Waals surface area contributed by atoms with Crippen LogP contribution in [-0.2, 0) is 6.42 Å². The van der Waals surface area contributed by atoms with Gasteiger partial charge in [0.1, 0.15) is 16.5 Å². The summed E-state index contributed by atoms with van der Waals surface area (Å²) in [5.74, 6) is 0.674. The van der Waals surface area contributed by atoms with Crippen LogP contribution in [0.1, 0.15) is 19.4 Å². The zero-order chi connectivity index (χ0) is 12.4. The fraction of sp³-hybridized carbons (Fsp3) is 0.308. The molecule has 0 unspecified atom stereocenters. The summed E-state index contributed by atoms with van der Waals surface area (Å²) in [7, 11) is 0. The number of phenols is 2. The Bertz CT molecular complexity index is 506. The molecular weight excluding hydrogens is 234 g/mol. The van der Waals surface area contributed by atoms with Crippen molar-refractivity contribution in [1.29, 1.82) is 0 Å². The first-order chi connectivity index (χ1) is 8.09. The van der Waals surface area contributed by atoms with Crippen LogP contribution in [0.15, 0.2) is 23.7 Å². The average Bonchev–Trinajstić information content (AvgIpc) is 2.75. The summed E-state index contributed by atoms with van der Waals surface area (Å²) in [4.78, 5) is 4.13. The minimum absolute atomic E-state index is 0.0740. The second kappa shape index (κ2) is 4.75. The molecule has 0 fully saturated rings. The molecule has 0 radical (unpaired) electrons. The minimum atomic E-state index is 0.0740. The van der Waals surface area contributed by atoms with E-state index >= 15 is 0 Å². The van der Waals surface area contributed by atoms with Gasteiger partial charge >= 0.3 is 0 Å². The van der Waals surface area contributed by atoms with E-state index < -0.39 is 0 Å². The van der Waals surface area contributed by atoms with Gasteiger partial charge in [0.25, 0.3) is 0 Å². The molecule has 2 N–H and O–H groups in total. The Labute approximate surface area is 104 Å². The van der Waals surface area contributed by atoms with E-state index in [-0.39, 0.29) is 11.5 Å². The molecule has 17 heavy (non-hydrogen) atoms. The maximum atomic E-state index is 10.2. The van der Waals surface area contributed by atoms with Gasteiger partial charge in [-0.1, -0.05) is 19.9 Å². The number of hydrogen-bond acceptors (Lipinski definition) is 4. The first kappa shape index (κ1) is 11.9. The molecule has 0 atom stereocenters. The standard InChI is InChI=1S/C13H15NO2S/c1-8(2)7-9-3-4-10(15)11(12(9)16)13-14-5-6-17-13/h3-6,8,15-16H,7H2,1-2H3. The summed E-state index contributed by atoms with van der Waals surface area (Å²) >= 11 is 1.40. The van der Waals surface area contributed by atoms with E-state index in [1.807, 2.05) is 5.38 Å². The van der Waals surface area contributed by atoms with Gasteiger partial charge in [-0.2, -0.15) is 0 Å². The van der Waals surface area contributed by atoms with Crippen LogP contribution >= 0.6 is 11.3 Å². The lowest BCUT2D eigenvalue weighted by Gasteiger charge is -2.11. The number of aromatic hydroxyl groups is 2. The van der Waals surface area contributed by atoms with Gasteiger partial charge < -0.3 is 10.2 Å². The number of benzene rings is 1. The van der Waals surface area contributed by atoms with Crippen LogP contribution in [0.5, 0.6) is 11.5 Å². The first-order valence-electron chi connectivity index (χ1n) is 5.53. The van der Waals surface area contributed by atoms with Gasteiger partial charge in [0, 0.05) is 11.6 Å². The van der Waals surface area contributed by atoms with Gasteiger partial charge in [-0.25, -0.2) is 4.98 Å².